The van der Waals surface area contributed by atoms with Gasteiger partial charge in [-0.2, -0.15) is 0 Å². The lowest BCUT2D eigenvalue weighted by molar-refractivity contribution is 0.00538. The van der Waals surface area contributed by atoms with Gasteiger partial charge in [-0.1, -0.05) is 90.9 Å². The van der Waals surface area contributed by atoms with E-state index in [1.54, 1.807) is 0 Å². The van der Waals surface area contributed by atoms with Gasteiger partial charge in [-0.05, 0) is 62.7 Å². The third-order valence-electron chi connectivity index (χ3n) is 7.59. The van der Waals surface area contributed by atoms with Gasteiger partial charge in [0, 0.05) is 6.61 Å². The summed E-state index contributed by atoms with van der Waals surface area (Å²) in [6, 6.07) is 0. The average Bonchev–Trinajstić information content (AvgIpc) is 2.71. The molecule has 0 heterocycles. The summed E-state index contributed by atoms with van der Waals surface area (Å²) < 4.78 is 6.12. The Morgan fingerprint density at radius 2 is 1.07 bits per heavy atom. The van der Waals surface area contributed by atoms with Crippen molar-refractivity contribution in [3.8, 4) is 0 Å². The predicted octanol–water partition coefficient (Wildman–Crippen LogP) is 8.70. The van der Waals surface area contributed by atoms with E-state index in [1.165, 1.54) is 122 Å². The topological polar surface area (TPSA) is 9.23 Å². The molecule has 0 aromatic carbocycles. The van der Waals surface area contributed by atoms with Crippen LogP contribution in [0, 0.1) is 17.8 Å². The van der Waals surface area contributed by atoms with Crippen LogP contribution < -0.4 is 0 Å². The van der Waals surface area contributed by atoms with Crippen molar-refractivity contribution in [2.24, 2.45) is 17.8 Å². The molecule has 0 atom stereocenters. The van der Waals surface area contributed by atoms with Crippen molar-refractivity contribution in [1.29, 1.82) is 0 Å². The van der Waals surface area contributed by atoms with Crippen molar-refractivity contribution in [2.75, 3.05) is 6.61 Å². The number of ether oxygens (including phenoxy) is 1. The lowest BCUT2D eigenvalue weighted by Crippen LogP contribution is -2.28. The number of hydrogen-bond donors (Lipinski definition) is 0. The second kappa shape index (κ2) is 14.9. The lowest BCUT2D eigenvalue weighted by atomic mass is 9.70. The number of unbranched alkanes of at least 4 members (excludes halogenated alkanes) is 8. The third-order valence-corrected chi connectivity index (χ3v) is 7.59. The molecular formula is C26H50O. The Labute approximate surface area is 171 Å². The Morgan fingerprint density at radius 3 is 1.70 bits per heavy atom. The molecule has 0 amide bonds. The molecule has 2 rings (SSSR count). The maximum atomic E-state index is 6.12. The highest BCUT2D eigenvalue weighted by atomic mass is 16.5. The van der Waals surface area contributed by atoms with Gasteiger partial charge in [-0.3, -0.25) is 0 Å². The molecule has 0 aliphatic heterocycles. The summed E-state index contributed by atoms with van der Waals surface area (Å²) in [5.74, 6) is 3.14. The first-order chi connectivity index (χ1) is 13.3. The van der Waals surface area contributed by atoms with Gasteiger partial charge < -0.3 is 4.74 Å². The van der Waals surface area contributed by atoms with Crippen LogP contribution in [0.2, 0.25) is 0 Å². The molecule has 1 nitrogen and oxygen atoms in total. The van der Waals surface area contributed by atoms with Crippen molar-refractivity contribution in [1.82, 2.24) is 0 Å². The number of rotatable bonds is 14. The maximum Gasteiger partial charge on any atom is 0.0575 e. The molecule has 0 saturated heterocycles. The van der Waals surface area contributed by atoms with Crippen LogP contribution >= 0.6 is 0 Å². The van der Waals surface area contributed by atoms with Crippen molar-refractivity contribution < 1.29 is 4.74 Å². The van der Waals surface area contributed by atoms with E-state index in [0.717, 1.165) is 24.4 Å². The normalized spacial score (nSPS) is 29.1. The van der Waals surface area contributed by atoms with Crippen molar-refractivity contribution >= 4 is 0 Å². The first-order valence-electron chi connectivity index (χ1n) is 12.9. The molecule has 2 saturated carbocycles. The molecule has 160 valence electrons. The zero-order valence-electron chi connectivity index (χ0n) is 18.9. The van der Waals surface area contributed by atoms with E-state index in [4.69, 9.17) is 4.74 Å². The zero-order valence-corrected chi connectivity index (χ0v) is 18.9. The van der Waals surface area contributed by atoms with Crippen LogP contribution in [0.25, 0.3) is 0 Å². The molecule has 0 aromatic heterocycles. The SMILES string of the molecule is CCCCCCCCCC1CCC([C@H]2CC[C@H](OCCCCC)CC2)CC1. The summed E-state index contributed by atoms with van der Waals surface area (Å²) in [6.07, 6.45) is 28.0. The van der Waals surface area contributed by atoms with Crippen molar-refractivity contribution in [3.63, 3.8) is 0 Å². The fourth-order valence-corrected chi connectivity index (χ4v) is 5.67. The van der Waals surface area contributed by atoms with Gasteiger partial charge in [0.1, 0.15) is 0 Å². The van der Waals surface area contributed by atoms with Crippen LogP contribution in [0.5, 0.6) is 0 Å². The standard InChI is InChI=1S/C26H50O/c1-3-5-7-8-9-10-11-13-23-14-16-24(17-15-23)25-18-20-26(21-19-25)27-22-12-6-4-2/h23-26H,3-22H2,1-2H3/t23?,24?,25-,26-. The molecule has 2 aliphatic rings. The van der Waals surface area contributed by atoms with E-state index < -0.39 is 0 Å². The summed E-state index contributed by atoms with van der Waals surface area (Å²) in [4.78, 5) is 0. The summed E-state index contributed by atoms with van der Waals surface area (Å²) in [5.41, 5.74) is 0. The Kier molecular flexibility index (Phi) is 12.8. The minimum Gasteiger partial charge on any atom is -0.378 e. The van der Waals surface area contributed by atoms with E-state index in [2.05, 4.69) is 13.8 Å². The zero-order chi connectivity index (χ0) is 19.2. The minimum absolute atomic E-state index is 0.590. The van der Waals surface area contributed by atoms with Gasteiger partial charge >= 0.3 is 0 Å². The molecule has 0 aromatic rings. The van der Waals surface area contributed by atoms with Gasteiger partial charge in [0.15, 0.2) is 0 Å². The average molecular weight is 379 g/mol. The summed E-state index contributed by atoms with van der Waals surface area (Å²) >= 11 is 0. The summed E-state index contributed by atoms with van der Waals surface area (Å²) in [5, 5.41) is 0. The highest BCUT2D eigenvalue weighted by Crippen LogP contribution is 2.41. The Balaban J connectivity index is 1.47. The molecule has 27 heavy (non-hydrogen) atoms. The molecule has 2 aliphatic carbocycles. The van der Waals surface area contributed by atoms with Crippen LogP contribution in [0.3, 0.4) is 0 Å². The Hall–Kier alpha value is -0.0400. The Morgan fingerprint density at radius 1 is 0.556 bits per heavy atom. The maximum absolute atomic E-state index is 6.12. The molecule has 0 bridgehead atoms. The molecular weight excluding hydrogens is 328 g/mol. The van der Waals surface area contributed by atoms with E-state index in [1.807, 2.05) is 0 Å². The number of hydrogen-bond acceptors (Lipinski definition) is 1. The minimum atomic E-state index is 0.590. The van der Waals surface area contributed by atoms with E-state index in [0.29, 0.717) is 6.10 Å². The first-order valence-corrected chi connectivity index (χ1v) is 12.9. The van der Waals surface area contributed by atoms with Crippen molar-refractivity contribution in [3.05, 3.63) is 0 Å². The fourth-order valence-electron chi connectivity index (χ4n) is 5.67. The van der Waals surface area contributed by atoms with Crippen LogP contribution in [-0.4, -0.2) is 12.7 Å². The summed E-state index contributed by atoms with van der Waals surface area (Å²) in [6.45, 7) is 5.59. The molecule has 0 spiro atoms. The highest BCUT2D eigenvalue weighted by molar-refractivity contribution is 4.82. The largest absolute Gasteiger partial charge is 0.378 e. The predicted molar refractivity (Wildman–Crippen MR) is 119 cm³/mol. The second-order valence-corrected chi connectivity index (χ2v) is 9.81. The lowest BCUT2D eigenvalue weighted by Gasteiger charge is -2.38. The van der Waals surface area contributed by atoms with Gasteiger partial charge in [0.25, 0.3) is 0 Å². The quantitative estimate of drug-likeness (QED) is 0.275. The molecule has 2 fully saturated rings. The van der Waals surface area contributed by atoms with Gasteiger partial charge in [0.2, 0.25) is 0 Å². The fraction of sp³-hybridized carbons (Fsp3) is 1.00. The van der Waals surface area contributed by atoms with Gasteiger partial charge in [-0.25, -0.2) is 0 Å². The van der Waals surface area contributed by atoms with E-state index in [-0.39, 0.29) is 0 Å². The first kappa shape index (κ1) is 23.2. The molecule has 1 heteroatoms. The smallest absolute Gasteiger partial charge is 0.0575 e. The third kappa shape index (κ3) is 9.82. The van der Waals surface area contributed by atoms with Gasteiger partial charge in [-0.15, -0.1) is 0 Å². The monoisotopic (exact) mass is 378 g/mol. The Bertz CT molecular complexity index is 323. The van der Waals surface area contributed by atoms with Gasteiger partial charge in [0.05, 0.1) is 6.10 Å². The van der Waals surface area contributed by atoms with Crippen LogP contribution in [0.15, 0.2) is 0 Å². The molecule has 0 radical (unpaired) electrons. The van der Waals surface area contributed by atoms with Crippen molar-refractivity contribution in [2.45, 2.75) is 142 Å². The second-order valence-electron chi connectivity index (χ2n) is 9.81. The summed E-state index contributed by atoms with van der Waals surface area (Å²) in [7, 11) is 0. The van der Waals surface area contributed by atoms with Crippen LogP contribution in [-0.2, 0) is 4.74 Å². The highest BCUT2D eigenvalue weighted by Gasteiger charge is 2.30. The van der Waals surface area contributed by atoms with E-state index >= 15 is 0 Å². The van der Waals surface area contributed by atoms with Crippen LogP contribution in [0.4, 0.5) is 0 Å². The van der Waals surface area contributed by atoms with Crippen LogP contribution in [0.1, 0.15) is 136 Å². The van der Waals surface area contributed by atoms with E-state index in [9.17, 15) is 0 Å². The molecule has 0 N–H and O–H groups in total. The molecule has 0 unspecified atom stereocenters.